The highest BCUT2D eigenvalue weighted by Gasteiger charge is 2.52. The number of carbonyl (C=O) groups excluding carboxylic acids is 2. The Balaban J connectivity index is 1.52. The highest BCUT2D eigenvalue weighted by molar-refractivity contribution is 5.96. The minimum atomic E-state index is -1.39. The minimum Gasteiger partial charge on any atom is -0.481 e. The van der Waals surface area contributed by atoms with Gasteiger partial charge in [-0.05, 0) is 80.5 Å². The fourth-order valence-corrected chi connectivity index (χ4v) is 6.53. The fraction of sp³-hybridized carbons (Fsp3) is 0.433. The Morgan fingerprint density at radius 2 is 1.75 bits per heavy atom. The molecule has 210 valence electrons. The zero-order chi connectivity index (χ0) is 28.4. The van der Waals surface area contributed by atoms with E-state index >= 15 is 0 Å². The van der Waals surface area contributed by atoms with Crippen LogP contribution in [0.1, 0.15) is 66.7 Å². The molecule has 1 saturated heterocycles. The van der Waals surface area contributed by atoms with Gasteiger partial charge >= 0.3 is 5.97 Å². The van der Waals surface area contributed by atoms with Gasteiger partial charge in [0.1, 0.15) is 5.82 Å². The minimum absolute atomic E-state index is 0.00313. The van der Waals surface area contributed by atoms with Gasteiger partial charge in [-0.15, -0.1) is 0 Å². The number of primary amides is 1. The molecule has 0 radical (unpaired) electrons. The number of likely N-dealkylation sites (tertiary alicyclic amines) is 1. The zero-order valence-electron chi connectivity index (χ0n) is 22.4. The average molecular weight is 549 g/mol. The maximum atomic E-state index is 14.0. The summed E-state index contributed by atoms with van der Waals surface area (Å²) in [4.78, 5) is 45.7. The number of rotatable bonds is 7. The molecule has 0 bridgehead atoms. The van der Waals surface area contributed by atoms with Crippen LogP contribution in [0, 0.1) is 24.6 Å². The van der Waals surface area contributed by atoms with Gasteiger partial charge in [0.05, 0.1) is 11.3 Å². The molecule has 10 heteroatoms. The molecule has 3 N–H and O–H groups in total. The topological polar surface area (TPSA) is 140 Å². The number of nitrogens with two attached hydrogens (primary N) is 1. The Morgan fingerprint density at radius 3 is 2.33 bits per heavy atom. The van der Waals surface area contributed by atoms with E-state index in [-0.39, 0.29) is 31.2 Å². The van der Waals surface area contributed by atoms with Gasteiger partial charge in [0.25, 0.3) is 11.8 Å². The predicted octanol–water partition coefficient (Wildman–Crippen LogP) is 4.49. The van der Waals surface area contributed by atoms with Crippen molar-refractivity contribution in [3.8, 4) is 11.5 Å². The Kier molecular flexibility index (Phi) is 7.69. The van der Waals surface area contributed by atoms with Gasteiger partial charge in [-0.2, -0.15) is 4.98 Å². The molecule has 3 aromatic rings. The highest BCUT2D eigenvalue weighted by Crippen LogP contribution is 2.44. The van der Waals surface area contributed by atoms with Gasteiger partial charge in [-0.25, -0.2) is 4.39 Å². The van der Waals surface area contributed by atoms with E-state index in [1.54, 1.807) is 36.1 Å². The van der Waals surface area contributed by atoms with E-state index in [2.05, 4.69) is 10.1 Å². The largest absolute Gasteiger partial charge is 0.481 e. The number of aliphatic carboxylic acids is 1. The van der Waals surface area contributed by atoms with E-state index in [4.69, 9.17) is 10.3 Å². The summed E-state index contributed by atoms with van der Waals surface area (Å²) in [5.41, 5.74) is 6.12. The monoisotopic (exact) mass is 548 g/mol. The van der Waals surface area contributed by atoms with Crippen molar-refractivity contribution in [1.29, 1.82) is 0 Å². The number of hydrogen-bond acceptors (Lipinski definition) is 6. The van der Waals surface area contributed by atoms with Crippen molar-refractivity contribution in [3.05, 3.63) is 71.3 Å². The van der Waals surface area contributed by atoms with Crippen molar-refractivity contribution in [2.45, 2.75) is 63.3 Å². The van der Waals surface area contributed by atoms with Gasteiger partial charge in [0, 0.05) is 23.7 Å². The van der Waals surface area contributed by atoms with Crippen molar-refractivity contribution in [2.24, 2.45) is 17.6 Å². The number of carboxylic acid groups (broad SMARTS) is 1. The lowest BCUT2D eigenvalue weighted by atomic mass is 9.65. The molecule has 2 unspecified atom stereocenters. The van der Waals surface area contributed by atoms with Crippen LogP contribution in [-0.4, -0.2) is 50.5 Å². The summed E-state index contributed by atoms with van der Waals surface area (Å²) in [5, 5.41) is 14.3. The molecule has 1 aromatic heterocycles. The molecule has 0 spiro atoms. The first-order valence-electron chi connectivity index (χ1n) is 13.7. The molecule has 2 aromatic carbocycles. The van der Waals surface area contributed by atoms with Crippen LogP contribution in [0.15, 0.2) is 53.1 Å². The molecule has 40 heavy (non-hydrogen) atoms. The summed E-state index contributed by atoms with van der Waals surface area (Å²) in [6, 6.07) is 11.5. The normalized spacial score (nSPS) is 22.6. The standard InChI is InChI=1S/C30H33FN4O5/c1-18-33-27(40-34-18)20-7-9-21(10-8-20)28(37)35-16-15-30(29(38)39,22-11-13-23(31)14-12-22)17-24(35)25(26(32)36)19-5-3-2-4-6-19/h7-14,19,24-25H,2-6,15-17H2,1H3,(H2,32,36)(H,38,39)/t24?,25-,30?/m0/s1. The fourth-order valence-electron chi connectivity index (χ4n) is 6.53. The van der Waals surface area contributed by atoms with E-state index in [0.717, 1.165) is 32.1 Å². The van der Waals surface area contributed by atoms with Crippen LogP contribution in [0.2, 0.25) is 0 Å². The summed E-state index contributed by atoms with van der Waals surface area (Å²) < 4.78 is 19.0. The van der Waals surface area contributed by atoms with Crippen LogP contribution >= 0.6 is 0 Å². The summed E-state index contributed by atoms with van der Waals surface area (Å²) in [6.07, 6.45) is 4.67. The summed E-state index contributed by atoms with van der Waals surface area (Å²) in [5.74, 6) is -2.29. The Hall–Kier alpha value is -4.08. The predicted molar refractivity (Wildman–Crippen MR) is 144 cm³/mol. The van der Waals surface area contributed by atoms with Crippen molar-refractivity contribution in [3.63, 3.8) is 0 Å². The number of benzene rings is 2. The third-order valence-electron chi connectivity index (χ3n) is 8.61. The highest BCUT2D eigenvalue weighted by atomic mass is 19.1. The van der Waals surface area contributed by atoms with Crippen LogP contribution in [0.4, 0.5) is 4.39 Å². The number of carbonyl (C=O) groups is 3. The van der Waals surface area contributed by atoms with Crippen LogP contribution in [-0.2, 0) is 15.0 Å². The summed E-state index contributed by atoms with van der Waals surface area (Å²) in [7, 11) is 0. The molecule has 2 fully saturated rings. The number of piperidine rings is 1. The number of hydrogen-bond donors (Lipinski definition) is 2. The molecular formula is C30H33FN4O5. The SMILES string of the molecule is Cc1noc(-c2ccc(C(=O)N3CCC(C(=O)O)(c4ccc(F)cc4)CC3[C@@H](C(N)=O)C3CCCCC3)cc2)n1. The first-order valence-corrected chi connectivity index (χ1v) is 13.7. The molecule has 9 nitrogen and oxygen atoms in total. The third-order valence-corrected chi connectivity index (χ3v) is 8.61. The van der Waals surface area contributed by atoms with Gasteiger partial charge < -0.3 is 20.3 Å². The second kappa shape index (κ2) is 11.2. The maximum absolute atomic E-state index is 14.0. The van der Waals surface area contributed by atoms with Gasteiger partial charge in [-0.3, -0.25) is 14.4 Å². The second-order valence-electron chi connectivity index (χ2n) is 11.0. The average Bonchev–Trinajstić information content (AvgIpc) is 3.39. The summed E-state index contributed by atoms with van der Waals surface area (Å²) in [6.45, 7) is 1.82. The Labute approximate surface area is 231 Å². The van der Waals surface area contributed by atoms with E-state index in [0.29, 0.717) is 28.4 Å². The van der Waals surface area contributed by atoms with Gasteiger partial charge in [0.15, 0.2) is 5.82 Å². The van der Waals surface area contributed by atoms with Crippen molar-refractivity contribution in [1.82, 2.24) is 15.0 Å². The summed E-state index contributed by atoms with van der Waals surface area (Å²) >= 11 is 0. The smallest absolute Gasteiger partial charge is 0.314 e. The molecule has 2 heterocycles. The molecule has 5 rings (SSSR count). The maximum Gasteiger partial charge on any atom is 0.314 e. The lowest BCUT2D eigenvalue weighted by molar-refractivity contribution is -0.148. The van der Waals surface area contributed by atoms with Crippen LogP contribution < -0.4 is 5.73 Å². The molecule has 2 aliphatic rings. The first-order chi connectivity index (χ1) is 19.2. The van der Waals surface area contributed by atoms with Crippen molar-refractivity contribution >= 4 is 17.8 Å². The second-order valence-corrected chi connectivity index (χ2v) is 11.0. The number of carboxylic acids is 1. The lowest BCUT2D eigenvalue weighted by Gasteiger charge is -2.48. The van der Waals surface area contributed by atoms with Crippen molar-refractivity contribution < 1.29 is 28.4 Å². The van der Waals surface area contributed by atoms with E-state index in [1.807, 2.05) is 0 Å². The van der Waals surface area contributed by atoms with Crippen LogP contribution in [0.25, 0.3) is 11.5 Å². The quantitative estimate of drug-likeness (QED) is 0.443. The van der Waals surface area contributed by atoms with Gasteiger partial charge in [-0.1, -0.05) is 36.6 Å². The number of amides is 2. The molecule has 2 amide bonds. The number of aromatic nitrogens is 2. The molecule has 1 aliphatic heterocycles. The number of aryl methyl sites for hydroxylation is 1. The zero-order valence-corrected chi connectivity index (χ0v) is 22.4. The van der Waals surface area contributed by atoms with E-state index in [9.17, 15) is 23.9 Å². The van der Waals surface area contributed by atoms with E-state index < -0.39 is 35.1 Å². The van der Waals surface area contributed by atoms with Crippen LogP contribution in [0.3, 0.4) is 0 Å². The molecule has 1 saturated carbocycles. The van der Waals surface area contributed by atoms with E-state index in [1.165, 1.54) is 24.3 Å². The molecule has 1 aliphatic carbocycles. The first kappa shape index (κ1) is 27.5. The third kappa shape index (κ3) is 5.22. The number of halogens is 1. The van der Waals surface area contributed by atoms with Crippen LogP contribution in [0.5, 0.6) is 0 Å². The molecule has 3 atom stereocenters. The Morgan fingerprint density at radius 1 is 1.07 bits per heavy atom. The Bertz CT molecular complexity index is 1380. The number of nitrogens with zero attached hydrogens (tertiary/aromatic N) is 3. The molecular weight excluding hydrogens is 515 g/mol. The van der Waals surface area contributed by atoms with Gasteiger partial charge in [0.2, 0.25) is 5.91 Å². The lowest BCUT2D eigenvalue weighted by Crippen LogP contribution is -2.59. The van der Waals surface area contributed by atoms with Crippen molar-refractivity contribution in [2.75, 3.05) is 6.54 Å².